The van der Waals surface area contributed by atoms with Gasteiger partial charge in [-0.1, -0.05) is 0 Å². The molecule has 0 unspecified atom stereocenters. The van der Waals surface area contributed by atoms with Crippen LogP contribution in [0.15, 0.2) is 34.3 Å². The van der Waals surface area contributed by atoms with Gasteiger partial charge in [0.15, 0.2) is 10.8 Å². The molecule has 7 heteroatoms. The van der Waals surface area contributed by atoms with Gasteiger partial charge in [-0.3, -0.25) is 0 Å². The van der Waals surface area contributed by atoms with Crippen LogP contribution >= 0.6 is 0 Å². The summed E-state index contributed by atoms with van der Waals surface area (Å²) in [5, 5.41) is 8.25. The van der Waals surface area contributed by atoms with Crippen LogP contribution in [-0.2, 0) is 10.0 Å². The SMILES string of the molecule is N=[N+]=Nc1ccc(S(N)(=O)=O)cc1. The summed E-state index contributed by atoms with van der Waals surface area (Å²) in [6.45, 7) is 0. The first-order valence-electron chi connectivity index (χ1n) is 3.24. The highest BCUT2D eigenvalue weighted by Crippen LogP contribution is 2.14. The number of nitrogens with two attached hydrogens (primary N) is 1. The lowest BCUT2D eigenvalue weighted by atomic mass is 10.3. The van der Waals surface area contributed by atoms with Gasteiger partial charge >= 0.3 is 0 Å². The van der Waals surface area contributed by atoms with E-state index in [2.05, 4.69) is 10.0 Å². The first kappa shape index (κ1) is 9.53. The summed E-state index contributed by atoms with van der Waals surface area (Å²) in [7, 11) is -3.65. The third-order valence-corrected chi connectivity index (χ3v) is 2.26. The lowest BCUT2D eigenvalue weighted by molar-refractivity contribution is 0.598. The zero-order chi connectivity index (χ0) is 9.90. The van der Waals surface area contributed by atoms with Crippen LogP contribution in [0.2, 0.25) is 0 Å². The number of primary sulfonamides is 1. The second kappa shape index (κ2) is 3.44. The van der Waals surface area contributed by atoms with Gasteiger partial charge in [0, 0.05) is 0 Å². The monoisotopic (exact) mass is 199 g/mol. The van der Waals surface area contributed by atoms with Crippen molar-refractivity contribution in [3.05, 3.63) is 24.3 Å². The topological polar surface area (TPSA) is 110 Å². The largest absolute Gasteiger partial charge is 0.238 e. The number of nitrogens with zero attached hydrogens (tertiary/aromatic N) is 2. The molecule has 0 aliphatic heterocycles. The Balaban J connectivity index is 3.15. The van der Waals surface area contributed by atoms with Crippen molar-refractivity contribution in [2.75, 3.05) is 0 Å². The van der Waals surface area contributed by atoms with Crippen LogP contribution in [0.4, 0.5) is 5.69 Å². The number of benzene rings is 1. The molecule has 0 atom stereocenters. The third-order valence-electron chi connectivity index (χ3n) is 1.33. The summed E-state index contributed by atoms with van der Waals surface area (Å²) >= 11 is 0. The van der Waals surface area contributed by atoms with Gasteiger partial charge in [0.2, 0.25) is 14.9 Å². The average molecular weight is 199 g/mol. The van der Waals surface area contributed by atoms with Crippen molar-refractivity contribution >= 4 is 15.7 Å². The van der Waals surface area contributed by atoms with Crippen molar-refractivity contribution in [3.8, 4) is 0 Å². The molecule has 0 aliphatic carbocycles. The maximum Gasteiger partial charge on any atom is 0.238 e. The number of hydrogen-bond acceptors (Lipinski definition) is 4. The minimum absolute atomic E-state index is 0.0106. The molecular formula is C6H7N4O2S+. The number of nitrogens with one attached hydrogen (secondary N) is 1. The zero-order valence-electron chi connectivity index (χ0n) is 6.51. The Morgan fingerprint density at radius 3 is 2.23 bits per heavy atom. The van der Waals surface area contributed by atoms with E-state index in [-0.39, 0.29) is 4.90 Å². The van der Waals surface area contributed by atoms with E-state index < -0.39 is 10.0 Å². The molecule has 68 valence electrons. The molecule has 13 heavy (non-hydrogen) atoms. The van der Waals surface area contributed by atoms with Gasteiger partial charge in [-0.15, -0.1) is 0 Å². The smallest absolute Gasteiger partial charge is 0.225 e. The maximum absolute atomic E-state index is 10.8. The number of rotatable bonds is 2. The Kier molecular flexibility index (Phi) is 2.52. The van der Waals surface area contributed by atoms with E-state index >= 15 is 0 Å². The Morgan fingerprint density at radius 2 is 1.85 bits per heavy atom. The highest BCUT2D eigenvalue weighted by Gasteiger charge is 2.07. The van der Waals surface area contributed by atoms with E-state index in [4.69, 9.17) is 10.7 Å². The first-order chi connectivity index (χ1) is 6.04. The molecule has 0 saturated heterocycles. The van der Waals surface area contributed by atoms with Gasteiger partial charge in [0.25, 0.3) is 0 Å². The number of hydrogen-bond donors (Lipinski definition) is 2. The standard InChI is InChI=1S/C6H7N4O2S/c7-10-9-5-1-3-6(4-2-5)13(8,11)12/h1-4,7H,(H2,8,11,12)/q+1. The van der Waals surface area contributed by atoms with Gasteiger partial charge in [-0.25, -0.2) is 13.6 Å². The molecule has 0 saturated carbocycles. The van der Waals surface area contributed by atoms with Crippen LogP contribution in [0.1, 0.15) is 0 Å². The minimum atomic E-state index is -3.65. The molecule has 0 radical (unpaired) electrons. The normalized spacial score (nSPS) is 10.5. The van der Waals surface area contributed by atoms with Gasteiger partial charge in [-0.05, 0) is 24.3 Å². The van der Waals surface area contributed by atoms with E-state index in [1.165, 1.54) is 24.3 Å². The van der Waals surface area contributed by atoms with Crippen molar-refractivity contribution in [2.45, 2.75) is 4.90 Å². The van der Waals surface area contributed by atoms with Gasteiger partial charge in [0.05, 0.1) is 4.90 Å². The lowest BCUT2D eigenvalue weighted by Crippen LogP contribution is -2.11. The van der Waals surface area contributed by atoms with E-state index in [1.54, 1.807) is 0 Å². The van der Waals surface area contributed by atoms with Crippen molar-refractivity contribution < 1.29 is 8.42 Å². The first-order valence-corrected chi connectivity index (χ1v) is 4.79. The molecule has 0 bridgehead atoms. The predicted octanol–water partition coefficient (Wildman–Crippen LogP) is 0.516. The molecule has 0 aromatic heterocycles. The molecule has 1 aromatic carbocycles. The van der Waals surface area contributed by atoms with E-state index in [0.29, 0.717) is 5.69 Å². The van der Waals surface area contributed by atoms with Crippen LogP contribution in [-0.4, -0.2) is 8.42 Å². The lowest BCUT2D eigenvalue weighted by Gasteiger charge is -1.94. The summed E-state index contributed by atoms with van der Waals surface area (Å²) in [6.07, 6.45) is 0. The van der Waals surface area contributed by atoms with Crippen molar-refractivity contribution in [2.24, 2.45) is 10.3 Å². The van der Waals surface area contributed by atoms with Crippen LogP contribution in [0, 0.1) is 5.53 Å². The zero-order valence-corrected chi connectivity index (χ0v) is 7.32. The van der Waals surface area contributed by atoms with Crippen molar-refractivity contribution in [1.82, 2.24) is 4.91 Å². The summed E-state index contributed by atoms with van der Waals surface area (Å²) in [6, 6.07) is 5.44. The average Bonchev–Trinajstić information content (AvgIpc) is 2.04. The summed E-state index contributed by atoms with van der Waals surface area (Å²) in [5.41, 5.74) is 6.84. The van der Waals surface area contributed by atoms with Crippen LogP contribution in [0.3, 0.4) is 0 Å². The molecule has 6 nitrogen and oxygen atoms in total. The van der Waals surface area contributed by atoms with Gasteiger partial charge in [-0.2, -0.15) is 0 Å². The molecule has 0 spiro atoms. The van der Waals surface area contributed by atoms with Crippen LogP contribution in [0.5, 0.6) is 0 Å². The van der Waals surface area contributed by atoms with Crippen LogP contribution in [0.25, 0.3) is 0 Å². The molecule has 1 aromatic rings. The highest BCUT2D eigenvalue weighted by atomic mass is 32.2. The van der Waals surface area contributed by atoms with Gasteiger partial charge < -0.3 is 0 Å². The van der Waals surface area contributed by atoms with E-state index in [9.17, 15) is 8.42 Å². The van der Waals surface area contributed by atoms with E-state index in [1.807, 2.05) is 0 Å². The Hall–Kier alpha value is -1.56. The second-order valence-electron chi connectivity index (χ2n) is 2.24. The summed E-state index contributed by atoms with van der Waals surface area (Å²) < 4.78 is 21.6. The molecule has 0 fully saturated rings. The van der Waals surface area contributed by atoms with Gasteiger partial charge in [0.1, 0.15) is 5.53 Å². The van der Waals surface area contributed by atoms with Crippen LogP contribution < -0.4 is 10.1 Å². The van der Waals surface area contributed by atoms with Crippen molar-refractivity contribution in [1.29, 1.82) is 5.53 Å². The maximum atomic E-state index is 10.8. The molecule has 0 amide bonds. The number of sulfonamides is 1. The quantitative estimate of drug-likeness (QED) is 0.534. The summed E-state index contributed by atoms with van der Waals surface area (Å²) in [4.78, 5) is 2.80. The summed E-state index contributed by atoms with van der Waals surface area (Å²) in [5.74, 6) is 0. The molecule has 3 N–H and O–H groups in total. The fraction of sp³-hybridized carbons (Fsp3) is 0. The Bertz CT molecular complexity index is 444. The fourth-order valence-electron chi connectivity index (χ4n) is 0.760. The highest BCUT2D eigenvalue weighted by molar-refractivity contribution is 7.89. The Morgan fingerprint density at radius 1 is 1.31 bits per heavy atom. The Labute approximate surface area is 74.7 Å². The van der Waals surface area contributed by atoms with Crippen molar-refractivity contribution in [3.63, 3.8) is 0 Å². The molecular weight excluding hydrogens is 192 g/mol. The molecule has 0 aliphatic rings. The second-order valence-corrected chi connectivity index (χ2v) is 3.80. The minimum Gasteiger partial charge on any atom is -0.225 e. The van der Waals surface area contributed by atoms with E-state index in [0.717, 1.165) is 0 Å². The third kappa shape index (κ3) is 2.45. The predicted molar refractivity (Wildman–Crippen MR) is 44.8 cm³/mol. The fourth-order valence-corrected chi connectivity index (χ4v) is 1.28. The molecule has 1 rings (SSSR count). The molecule has 0 heterocycles.